The van der Waals surface area contributed by atoms with Gasteiger partial charge in [0.15, 0.2) is 0 Å². The van der Waals surface area contributed by atoms with Crippen molar-refractivity contribution >= 4 is 5.91 Å². The van der Waals surface area contributed by atoms with E-state index in [1.54, 1.807) is 7.05 Å². The van der Waals surface area contributed by atoms with E-state index in [0.29, 0.717) is 5.92 Å². The van der Waals surface area contributed by atoms with Gasteiger partial charge in [-0.2, -0.15) is 5.10 Å². The van der Waals surface area contributed by atoms with Crippen LogP contribution in [0.4, 0.5) is 0 Å². The lowest BCUT2D eigenvalue weighted by Gasteiger charge is -2.33. The Labute approximate surface area is 166 Å². The van der Waals surface area contributed by atoms with Crippen LogP contribution in [0.3, 0.4) is 0 Å². The number of rotatable bonds is 6. The number of aryl methyl sites for hydroxylation is 1. The van der Waals surface area contributed by atoms with Crippen LogP contribution < -0.4 is 10.9 Å². The minimum absolute atomic E-state index is 0.0977. The highest BCUT2D eigenvalue weighted by Crippen LogP contribution is 2.16. The van der Waals surface area contributed by atoms with Crippen LogP contribution in [0.5, 0.6) is 0 Å². The van der Waals surface area contributed by atoms with E-state index in [1.165, 1.54) is 27.9 Å². The first-order valence-electron chi connectivity index (χ1n) is 10.1. The average molecular weight is 383 g/mol. The molecule has 0 bridgehead atoms. The summed E-state index contributed by atoms with van der Waals surface area (Å²) in [5.41, 5.74) is 2.74. The van der Waals surface area contributed by atoms with Crippen molar-refractivity contribution in [3.63, 3.8) is 0 Å². The molecule has 150 valence electrons. The van der Waals surface area contributed by atoms with E-state index in [0.717, 1.165) is 38.9 Å². The summed E-state index contributed by atoms with van der Waals surface area (Å²) in [6, 6.07) is 11.8. The third kappa shape index (κ3) is 5.52. The molecule has 0 aliphatic carbocycles. The number of nitrogens with one attached hydrogen (secondary N) is 1. The molecular formula is C22H30N4O2. The molecule has 1 N–H and O–H groups in total. The third-order valence-corrected chi connectivity index (χ3v) is 5.11. The molecule has 3 rings (SSSR count). The molecule has 0 spiro atoms. The predicted molar refractivity (Wildman–Crippen MR) is 110 cm³/mol. The van der Waals surface area contributed by atoms with E-state index < -0.39 is 0 Å². The van der Waals surface area contributed by atoms with Crippen molar-refractivity contribution in [3.8, 4) is 0 Å². The monoisotopic (exact) mass is 382 g/mol. The average Bonchev–Trinajstić information content (AvgIpc) is 2.65. The molecule has 1 aliphatic heterocycles. The van der Waals surface area contributed by atoms with Crippen molar-refractivity contribution in [1.29, 1.82) is 0 Å². The standard InChI is InChI=1S/C22H30N4O2/c1-16(2)13-17-6-8-18(9-7-17)14-26-12-4-5-19(15-26)23-22(28)20-10-11-21(27)25(3)24-20/h6-11,16,19H,4-5,12-15H2,1-3H3,(H,23,28)/t19-/m0/s1. The molecule has 0 radical (unpaired) electrons. The number of hydrogen-bond donors (Lipinski definition) is 1. The molecule has 0 unspecified atom stereocenters. The van der Waals surface area contributed by atoms with Gasteiger partial charge in [0.2, 0.25) is 0 Å². The quantitative estimate of drug-likeness (QED) is 0.833. The molecule has 1 amide bonds. The van der Waals surface area contributed by atoms with E-state index in [9.17, 15) is 9.59 Å². The lowest BCUT2D eigenvalue weighted by molar-refractivity contribution is 0.0893. The van der Waals surface area contributed by atoms with Gasteiger partial charge in [-0.05, 0) is 48.9 Å². The summed E-state index contributed by atoms with van der Waals surface area (Å²) in [7, 11) is 1.55. The summed E-state index contributed by atoms with van der Waals surface area (Å²) >= 11 is 0. The summed E-state index contributed by atoms with van der Waals surface area (Å²) in [5, 5.41) is 7.10. The van der Waals surface area contributed by atoms with Gasteiger partial charge < -0.3 is 5.32 Å². The van der Waals surface area contributed by atoms with Gasteiger partial charge in [0.05, 0.1) is 0 Å². The summed E-state index contributed by atoms with van der Waals surface area (Å²) < 4.78 is 1.19. The fraction of sp³-hybridized carbons (Fsp3) is 0.500. The zero-order valence-electron chi connectivity index (χ0n) is 17.0. The smallest absolute Gasteiger partial charge is 0.271 e. The zero-order chi connectivity index (χ0) is 20.1. The first-order chi connectivity index (χ1) is 13.4. The van der Waals surface area contributed by atoms with Crippen LogP contribution in [-0.4, -0.2) is 39.7 Å². The molecule has 0 saturated carbocycles. The van der Waals surface area contributed by atoms with Crippen molar-refractivity contribution in [2.45, 2.75) is 45.7 Å². The van der Waals surface area contributed by atoms with Crippen LogP contribution in [0.15, 0.2) is 41.2 Å². The van der Waals surface area contributed by atoms with E-state index in [1.807, 2.05) is 0 Å². The lowest BCUT2D eigenvalue weighted by Crippen LogP contribution is -2.47. The first-order valence-corrected chi connectivity index (χ1v) is 10.1. The van der Waals surface area contributed by atoms with E-state index in [4.69, 9.17) is 0 Å². The van der Waals surface area contributed by atoms with Crippen molar-refractivity contribution in [1.82, 2.24) is 20.0 Å². The molecule has 1 fully saturated rings. The molecule has 6 nitrogen and oxygen atoms in total. The van der Waals surface area contributed by atoms with Crippen LogP contribution in [0.2, 0.25) is 0 Å². The van der Waals surface area contributed by atoms with E-state index >= 15 is 0 Å². The fourth-order valence-corrected chi connectivity index (χ4v) is 3.71. The second-order valence-corrected chi connectivity index (χ2v) is 8.14. The number of benzene rings is 1. The number of nitrogens with zero attached hydrogens (tertiary/aromatic N) is 3. The fourth-order valence-electron chi connectivity index (χ4n) is 3.71. The molecule has 28 heavy (non-hydrogen) atoms. The van der Waals surface area contributed by atoms with Crippen LogP contribution in [-0.2, 0) is 20.0 Å². The van der Waals surface area contributed by atoms with Crippen LogP contribution in [0.1, 0.15) is 48.3 Å². The maximum atomic E-state index is 12.5. The second kappa shape index (κ2) is 9.15. The summed E-state index contributed by atoms with van der Waals surface area (Å²) in [5.74, 6) is 0.444. The molecule has 1 saturated heterocycles. The number of likely N-dealkylation sites (tertiary alicyclic amines) is 1. The van der Waals surface area contributed by atoms with Gasteiger partial charge in [0.1, 0.15) is 5.69 Å². The summed E-state index contributed by atoms with van der Waals surface area (Å²) in [6.07, 6.45) is 3.12. The van der Waals surface area contributed by atoms with Gasteiger partial charge in [-0.1, -0.05) is 38.1 Å². The molecule has 2 heterocycles. The first kappa shape index (κ1) is 20.3. The Morgan fingerprint density at radius 2 is 1.89 bits per heavy atom. The Bertz CT molecular complexity index is 858. The number of hydrogen-bond acceptors (Lipinski definition) is 4. The highest BCUT2D eigenvalue weighted by Gasteiger charge is 2.22. The van der Waals surface area contributed by atoms with Crippen LogP contribution >= 0.6 is 0 Å². The van der Waals surface area contributed by atoms with Gasteiger partial charge >= 0.3 is 0 Å². The van der Waals surface area contributed by atoms with Crippen LogP contribution in [0, 0.1) is 5.92 Å². The zero-order valence-corrected chi connectivity index (χ0v) is 17.0. The number of aromatic nitrogens is 2. The Morgan fingerprint density at radius 3 is 2.57 bits per heavy atom. The molecule has 1 atom stereocenters. The highest BCUT2D eigenvalue weighted by atomic mass is 16.2. The molecule has 2 aromatic rings. The second-order valence-electron chi connectivity index (χ2n) is 8.14. The minimum Gasteiger partial charge on any atom is -0.347 e. The SMILES string of the molecule is CC(C)Cc1ccc(CN2CCC[C@H](NC(=O)c3ccc(=O)n(C)n3)C2)cc1. The largest absolute Gasteiger partial charge is 0.347 e. The van der Waals surface area contributed by atoms with Crippen molar-refractivity contribution in [2.75, 3.05) is 13.1 Å². The van der Waals surface area contributed by atoms with Crippen LogP contribution in [0.25, 0.3) is 0 Å². The van der Waals surface area contributed by atoms with Gasteiger partial charge in [-0.3, -0.25) is 14.5 Å². The molecule has 1 aromatic heterocycles. The number of carbonyl (C=O) groups excluding carboxylic acids is 1. The van der Waals surface area contributed by atoms with Gasteiger partial charge in [-0.25, -0.2) is 4.68 Å². The van der Waals surface area contributed by atoms with Gasteiger partial charge in [-0.15, -0.1) is 0 Å². The van der Waals surface area contributed by atoms with Gasteiger partial charge in [0.25, 0.3) is 11.5 Å². The number of carbonyl (C=O) groups is 1. The molecule has 6 heteroatoms. The molecule has 1 aliphatic rings. The topological polar surface area (TPSA) is 67.2 Å². The summed E-state index contributed by atoms with van der Waals surface area (Å²) in [6.45, 7) is 7.23. The van der Waals surface area contributed by atoms with E-state index in [-0.39, 0.29) is 23.2 Å². The van der Waals surface area contributed by atoms with Crippen molar-refractivity contribution in [3.05, 3.63) is 63.6 Å². The van der Waals surface area contributed by atoms with Gasteiger partial charge in [0, 0.05) is 32.2 Å². The normalized spacial score (nSPS) is 17.6. The van der Waals surface area contributed by atoms with Crippen molar-refractivity contribution in [2.24, 2.45) is 13.0 Å². The Morgan fingerprint density at radius 1 is 1.18 bits per heavy atom. The highest BCUT2D eigenvalue weighted by molar-refractivity contribution is 5.92. The predicted octanol–water partition coefficient (Wildman–Crippen LogP) is 2.37. The molecule has 1 aromatic carbocycles. The Hall–Kier alpha value is -2.47. The Kier molecular flexibility index (Phi) is 6.62. The third-order valence-electron chi connectivity index (χ3n) is 5.11. The number of piperidine rings is 1. The summed E-state index contributed by atoms with van der Waals surface area (Å²) in [4.78, 5) is 26.3. The minimum atomic E-state index is -0.222. The Balaban J connectivity index is 1.55. The lowest BCUT2D eigenvalue weighted by atomic mass is 10.0. The van der Waals surface area contributed by atoms with E-state index in [2.05, 4.69) is 53.4 Å². The maximum absolute atomic E-state index is 12.5. The number of amides is 1. The molecular weight excluding hydrogens is 352 g/mol. The van der Waals surface area contributed by atoms with Crippen molar-refractivity contribution < 1.29 is 4.79 Å². The maximum Gasteiger partial charge on any atom is 0.271 e.